The third kappa shape index (κ3) is 3.83. The zero-order valence-corrected chi connectivity index (χ0v) is 23.5. The number of hydrogen-bond donors (Lipinski definition) is 0. The van der Waals surface area contributed by atoms with Gasteiger partial charge in [0.1, 0.15) is 0 Å². The van der Waals surface area contributed by atoms with Gasteiger partial charge in [-0.1, -0.05) is 84.9 Å². The molecule has 44 heavy (non-hydrogen) atoms. The molecule has 5 aromatic heterocycles. The Morgan fingerprint density at radius 2 is 1.16 bits per heavy atom. The Balaban J connectivity index is 1.19. The van der Waals surface area contributed by atoms with E-state index in [0.29, 0.717) is 0 Å². The van der Waals surface area contributed by atoms with Crippen LogP contribution in [-0.4, -0.2) is 24.9 Å². The predicted molar refractivity (Wildman–Crippen MR) is 179 cm³/mol. The van der Waals surface area contributed by atoms with Gasteiger partial charge in [0, 0.05) is 62.2 Å². The molecule has 0 saturated heterocycles. The van der Waals surface area contributed by atoms with E-state index in [4.69, 9.17) is 15.0 Å². The summed E-state index contributed by atoms with van der Waals surface area (Å²) in [6.07, 6.45) is 5.54. The molecule has 0 aliphatic rings. The second kappa shape index (κ2) is 9.75. The smallest absolute Gasteiger partial charge is 0.0978 e. The standard InChI is InChI=1S/C39H23N5/c1-2-7-24(8-3-1)35-30-10-4-5-11-34(30)44-39-31(35)17-13-26-14-18-32(43-37(26)39)27-15-19-33(42-23-27)28-20-22-41-38-29(28)16-12-25-9-6-21-40-36(25)38/h1-23H. The van der Waals surface area contributed by atoms with Gasteiger partial charge >= 0.3 is 0 Å². The Morgan fingerprint density at radius 3 is 2.05 bits per heavy atom. The van der Waals surface area contributed by atoms with Crippen molar-refractivity contribution in [3.63, 3.8) is 0 Å². The Hall–Kier alpha value is -6.07. The number of fused-ring (bicyclic) bond motifs is 7. The molecule has 0 saturated carbocycles. The van der Waals surface area contributed by atoms with E-state index in [0.717, 1.165) is 77.0 Å². The van der Waals surface area contributed by atoms with E-state index in [2.05, 4.69) is 107 Å². The van der Waals surface area contributed by atoms with Crippen molar-refractivity contribution >= 4 is 54.5 Å². The summed E-state index contributed by atoms with van der Waals surface area (Å²) in [5, 5.41) is 5.38. The number of aromatic nitrogens is 5. The van der Waals surface area contributed by atoms with Crippen molar-refractivity contribution in [3.8, 4) is 33.6 Å². The SMILES string of the molecule is c1ccc(-c2c3ccccc3nc3c2ccc2ccc(-c4ccc(-c5ccnc6c5ccc5cccnc56)nc4)nc23)cc1. The highest BCUT2D eigenvalue weighted by Gasteiger charge is 2.15. The summed E-state index contributed by atoms with van der Waals surface area (Å²) < 4.78 is 0. The average molecular weight is 562 g/mol. The highest BCUT2D eigenvalue weighted by molar-refractivity contribution is 6.16. The topological polar surface area (TPSA) is 64.5 Å². The fourth-order valence-corrected chi connectivity index (χ4v) is 6.30. The van der Waals surface area contributed by atoms with Crippen molar-refractivity contribution in [2.75, 3.05) is 0 Å². The molecule has 5 heterocycles. The number of benzene rings is 4. The van der Waals surface area contributed by atoms with Crippen molar-refractivity contribution in [3.05, 3.63) is 140 Å². The van der Waals surface area contributed by atoms with Gasteiger partial charge in [-0.05, 0) is 42.0 Å². The van der Waals surface area contributed by atoms with Crippen molar-refractivity contribution in [2.45, 2.75) is 0 Å². The Kier molecular flexibility index (Phi) is 5.43. The van der Waals surface area contributed by atoms with E-state index < -0.39 is 0 Å². The highest BCUT2D eigenvalue weighted by atomic mass is 14.8. The predicted octanol–water partition coefficient (Wildman–Crippen LogP) is 9.43. The van der Waals surface area contributed by atoms with E-state index >= 15 is 0 Å². The molecule has 204 valence electrons. The van der Waals surface area contributed by atoms with E-state index in [1.807, 2.05) is 42.9 Å². The van der Waals surface area contributed by atoms with Gasteiger partial charge in [0.15, 0.2) is 0 Å². The Morgan fingerprint density at radius 1 is 0.386 bits per heavy atom. The van der Waals surface area contributed by atoms with Crippen LogP contribution in [0.15, 0.2) is 140 Å². The Bertz CT molecular complexity index is 2540. The van der Waals surface area contributed by atoms with E-state index in [1.165, 1.54) is 11.1 Å². The van der Waals surface area contributed by atoms with Crippen LogP contribution >= 0.6 is 0 Å². The van der Waals surface area contributed by atoms with Crippen LogP contribution in [0.3, 0.4) is 0 Å². The lowest BCUT2D eigenvalue weighted by Crippen LogP contribution is -1.94. The maximum Gasteiger partial charge on any atom is 0.0978 e. The molecule has 0 fully saturated rings. The van der Waals surface area contributed by atoms with Crippen LogP contribution in [-0.2, 0) is 0 Å². The van der Waals surface area contributed by atoms with Crippen molar-refractivity contribution in [2.24, 2.45) is 0 Å². The average Bonchev–Trinajstić information content (AvgIpc) is 3.10. The lowest BCUT2D eigenvalue weighted by molar-refractivity contribution is 1.30. The van der Waals surface area contributed by atoms with Crippen LogP contribution < -0.4 is 0 Å². The molecule has 5 nitrogen and oxygen atoms in total. The minimum absolute atomic E-state index is 0.857. The lowest BCUT2D eigenvalue weighted by Gasteiger charge is -2.13. The van der Waals surface area contributed by atoms with Crippen LogP contribution in [0.25, 0.3) is 88.2 Å². The first kappa shape index (κ1) is 24.5. The molecular formula is C39H23N5. The molecule has 0 amide bonds. The highest BCUT2D eigenvalue weighted by Crippen LogP contribution is 2.38. The van der Waals surface area contributed by atoms with Crippen LogP contribution in [0.4, 0.5) is 0 Å². The maximum atomic E-state index is 5.18. The molecule has 4 aromatic carbocycles. The summed E-state index contributed by atoms with van der Waals surface area (Å²) in [4.78, 5) is 24.5. The molecule has 0 radical (unpaired) electrons. The van der Waals surface area contributed by atoms with Gasteiger partial charge in [0.25, 0.3) is 0 Å². The molecule has 0 N–H and O–H groups in total. The second-order valence-corrected chi connectivity index (χ2v) is 10.9. The van der Waals surface area contributed by atoms with Crippen molar-refractivity contribution in [1.82, 2.24) is 24.9 Å². The molecule has 0 unspecified atom stereocenters. The fourth-order valence-electron chi connectivity index (χ4n) is 6.30. The lowest BCUT2D eigenvalue weighted by atomic mass is 9.95. The second-order valence-electron chi connectivity index (χ2n) is 10.9. The first-order valence-electron chi connectivity index (χ1n) is 14.6. The monoisotopic (exact) mass is 561 g/mol. The van der Waals surface area contributed by atoms with Crippen molar-refractivity contribution < 1.29 is 0 Å². The summed E-state index contributed by atoms with van der Waals surface area (Å²) in [7, 11) is 0. The van der Waals surface area contributed by atoms with Gasteiger partial charge in [0.2, 0.25) is 0 Å². The first-order valence-corrected chi connectivity index (χ1v) is 14.6. The number of rotatable bonds is 3. The molecular weight excluding hydrogens is 538 g/mol. The number of para-hydroxylation sites is 1. The van der Waals surface area contributed by atoms with Gasteiger partial charge in [-0.2, -0.15) is 0 Å². The van der Waals surface area contributed by atoms with E-state index in [9.17, 15) is 0 Å². The largest absolute Gasteiger partial charge is 0.256 e. The third-order valence-electron chi connectivity index (χ3n) is 8.39. The summed E-state index contributed by atoms with van der Waals surface area (Å²) in [6.45, 7) is 0. The van der Waals surface area contributed by atoms with Crippen LogP contribution in [0, 0.1) is 0 Å². The quantitative estimate of drug-likeness (QED) is 0.159. The number of pyridine rings is 5. The summed E-state index contributed by atoms with van der Waals surface area (Å²) in [6, 6.07) is 41.7. The molecule has 0 aliphatic carbocycles. The number of nitrogens with zero attached hydrogens (tertiary/aromatic N) is 5. The molecule has 5 heteroatoms. The third-order valence-corrected chi connectivity index (χ3v) is 8.39. The van der Waals surface area contributed by atoms with Crippen LogP contribution in [0.2, 0.25) is 0 Å². The van der Waals surface area contributed by atoms with Gasteiger partial charge in [-0.15, -0.1) is 0 Å². The van der Waals surface area contributed by atoms with E-state index in [1.54, 1.807) is 0 Å². The maximum absolute atomic E-state index is 5.18. The van der Waals surface area contributed by atoms with Gasteiger partial charge in [0.05, 0.1) is 39.0 Å². The van der Waals surface area contributed by atoms with Gasteiger partial charge in [-0.3, -0.25) is 15.0 Å². The normalized spacial score (nSPS) is 11.6. The summed E-state index contributed by atoms with van der Waals surface area (Å²) in [5.74, 6) is 0. The zero-order valence-electron chi connectivity index (χ0n) is 23.5. The van der Waals surface area contributed by atoms with Crippen LogP contribution in [0.1, 0.15) is 0 Å². The van der Waals surface area contributed by atoms with Crippen molar-refractivity contribution in [1.29, 1.82) is 0 Å². The molecule has 0 bridgehead atoms. The summed E-state index contributed by atoms with van der Waals surface area (Å²) in [5.41, 5.74) is 10.6. The van der Waals surface area contributed by atoms with Gasteiger partial charge < -0.3 is 0 Å². The van der Waals surface area contributed by atoms with E-state index in [-0.39, 0.29) is 0 Å². The molecule has 9 aromatic rings. The molecule has 0 atom stereocenters. The first-order chi connectivity index (χ1) is 21.8. The summed E-state index contributed by atoms with van der Waals surface area (Å²) >= 11 is 0. The number of hydrogen-bond acceptors (Lipinski definition) is 5. The minimum Gasteiger partial charge on any atom is -0.256 e. The van der Waals surface area contributed by atoms with Gasteiger partial charge in [-0.25, -0.2) is 9.97 Å². The van der Waals surface area contributed by atoms with Crippen LogP contribution in [0.5, 0.6) is 0 Å². The molecule has 0 aliphatic heterocycles. The minimum atomic E-state index is 0.857. The zero-order chi connectivity index (χ0) is 29.0. The molecule has 9 rings (SSSR count). The molecule has 0 spiro atoms. The Labute approximate surface area is 252 Å². The fraction of sp³-hybridized carbons (Fsp3) is 0.